The van der Waals surface area contributed by atoms with Crippen LogP contribution in [0.15, 0.2) is 72.9 Å². The van der Waals surface area contributed by atoms with Gasteiger partial charge in [0.25, 0.3) is 0 Å². The minimum atomic E-state index is -1.56. The van der Waals surface area contributed by atoms with Crippen molar-refractivity contribution in [1.29, 1.82) is 0 Å². The molecule has 9 nitrogen and oxygen atoms in total. The Labute approximate surface area is 538 Å². The second-order valence-corrected chi connectivity index (χ2v) is 26.1. The molecule has 0 saturated carbocycles. The summed E-state index contributed by atoms with van der Waals surface area (Å²) in [5, 5.41) is 55.0. The van der Waals surface area contributed by atoms with Crippen molar-refractivity contribution < 1.29 is 39.8 Å². The van der Waals surface area contributed by atoms with Crippen LogP contribution in [0.5, 0.6) is 0 Å². The Hall–Kier alpha value is -2.37. The van der Waals surface area contributed by atoms with Crippen LogP contribution in [0.4, 0.5) is 0 Å². The van der Waals surface area contributed by atoms with Gasteiger partial charge in [0.15, 0.2) is 6.29 Å². The summed E-state index contributed by atoms with van der Waals surface area (Å²) < 4.78 is 11.4. The van der Waals surface area contributed by atoms with E-state index in [4.69, 9.17) is 9.47 Å². The van der Waals surface area contributed by atoms with E-state index in [-0.39, 0.29) is 12.5 Å². The van der Waals surface area contributed by atoms with Crippen molar-refractivity contribution in [3.05, 3.63) is 72.9 Å². The van der Waals surface area contributed by atoms with Gasteiger partial charge in [-0.15, -0.1) is 0 Å². The Kier molecular flexibility index (Phi) is 63.2. The smallest absolute Gasteiger partial charge is 0.220 e. The predicted molar refractivity (Wildman–Crippen MR) is 373 cm³/mol. The van der Waals surface area contributed by atoms with E-state index < -0.39 is 49.5 Å². The number of hydrogen-bond donors (Lipinski definition) is 6. The molecule has 1 aliphatic heterocycles. The van der Waals surface area contributed by atoms with Crippen LogP contribution >= 0.6 is 0 Å². The van der Waals surface area contributed by atoms with Crippen molar-refractivity contribution in [3.8, 4) is 0 Å². The largest absolute Gasteiger partial charge is 0.394 e. The molecule has 0 aromatic heterocycles. The Morgan fingerprint density at radius 2 is 0.713 bits per heavy atom. The van der Waals surface area contributed by atoms with Crippen molar-refractivity contribution >= 4 is 5.91 Å². The molecule has 0 aliphatic carbocycles. The summed E-state index contributed by atoms with van der Waals surface area (Å²) in [6, 6.07) is -0.726. The molecular formula is C78H143NO8. The first kappa shape index (κ1) is 82.6. The molecule has 1 rings (SSSR count). The van der Waals surface area contributed by atoms with Gasteiger partial charge in [-0.05, 0) is 64.2 Å². The van der Waals surface area contributed by atoms with Crippen molar-refractivity contribution in [1.82, 2.24) is 5.32 Å². The SMILES string of the molecule is CC/C=C\C/C=C\C/C=C\C/C=C\C/C=C\C/C=C\CCCCCCCCCCCCCCC(=O)NC(COC1OC(CO)C(O)C(O)C1O)C(O)CCCCCCCCCCCCCCCCCCCCCCCCCCCCCCCCCCC. The van der Waals surface area contributed by atoms with Gasteiger partial charge in [0, 0.05) is 6.42 Å². The average Bonchev–Trinajstić information content (AvgIpc) is 3.47. The lowest BCUT2D eigenvalue weighted by Gasteiger charge is -2.40. The number of carbonyl (C=O) groups is 1. The van der Waals surface area contributed by atoms with Crippen LogP contribution in [0.2, 0.25) is 0 Å². The van der Waals surface area contributed by atoms with Crippen molar-refractivity contribution in [2.75, 3.05) is 13.2 Å². The third-order valence-corrected chi connectivity index (χ3v) is 17.8. The number of nitrogens with one attached hydrogen (secondary N) is 1. The molecule has 508 valence electrons. The van der Waals surface area contributed by atoms with Gasteiger partial charge in [0.2, 0.25) is 5.91 Å². The number of unbranched alkanes of at least 4 members (excludes halogenated alkanes) is 44. The number of amides is 1. The molecule has 1 amide bonds. The molecule has 6 N–H and O–H groups in total. The van der Waals surface area contributed by atoms with Crippen LogP contribution < -0.4 is 5.32 Å². The van der Waals surface area contributed by atoms with Crippen LogP contribution in [0.1, 0.15) is 361 Å². The van der Waals surface area contributed by atoms with E-state index in [0.717, 1.165) is 77.0 Å². The van der Waals surface area contributed by atoms with Crippen LogP contribution in [0.25, 0.3) is 0 Å². The molecule has 7 unspecified atom stereocenters. The quantitative estimate of drug-likeness (QED) is 0.0261. The highest BCUT2D eigenvalue weighted by molar-refractivity contribution is 5.76. The van der Waals surface area contributed by atoms with E-state index in [1.807, 2.05) is 0 Å². The summed E-state index contributed by atoms with van der Waals surface area (Å²) in [5.41, 5.74) is 0. The molecular weight excluding hydrogens is 1080 g/mol. The van der Waals surface area contributed by atoms with Crippen molar-refractivity contribution in [2.45, 2.75) is 403 Å². The monoisotopic (exact) mass is 1220 g/mol. The number of carbonyl (C=O) groups excluding carboxylic acids is 1. The summed E-state index contributed by atoms with van der Waals surface area (Å²) >= 11 is 0. The molecule has 0 aromatic rings. The van der Waals surface area contributed by atoms with E-state index >= 15 is 0 Å². The van der Waals surface area contributed by atoms with Gasteiger partial charge in [0.05, 0.1) is 25.4 Å². The number of hydrogen-bond acceptors (Lipinski definition) is 8. The van der Waals surface area contributed by atoms with E-state index in [1.165, 1.54) is 257 Å². The minimum absolute atomic E-state index is 0.139. The summed E-state index contributed by atoms with van der Waals surface area (Å²) in [6.45, 7) is 3.77. The number of allylic oxidation sites excluding steroid dienone is 12. The summed E-state index contributed by atoms with van der Waals surface area (Å²) in [5.74, 6) is -0.144. The Balaban J connectivity index is 2.09. The zero-order valence-electron chi connectivity index (χ0n) is 57.0. The number of ether oxygens (including phenoxy) is 2. The molecule has 0 radical (unpaired) electrons. The fourth-order valence-electron chi connectivity index (χ4n) is 12.0. The van der Waals surface area contributed by atoms with Gasteiger partial charge in [-0.2, -0.15) is 0 Å². The maximum absolute atomic E-state index is 13.2. The summed E-state index contributed by atoms with van der Waals surface area (Å²) in [4.78, 5) is 13.2. The second kappa shape index (κ2) is 66.5. The highest BCUT2D eigenvalue weighted by Crippen LogP contribution is 2.24. The van der Waals surface area contributed by atoms with E-state index in [9.17, 15) is 30.3 Å². The standard InChI is InChI=1S/C78H143NO8/c1-3-5-7-9-11-13-15-17-19-21-23-25-27-29-31-33-35-36-38-39-41-43-45-47-49-51-53-55-57-59-61-63-65-67-72(81)71(70-86-78-77(85)76(84)75(83)73(69-80)87-78)79-74(82)68-66-64-62-60-58-56-54-52-50-48-46-44-42-40-37-34-32-30-28-26-24-22-20-18-16-14-12-10-8-6-4-2/h6,8,12,14,18,20,24,26,30,32,37,40,71-73,75-78,80-81,83-85H,3-5,7,9-11,13,15-17,19,21-23,25,27-29,31,33-36,38-39,41-70H2,1-2H3,(H,79,82)/b8-6-,14-12-,20-18-,26-24-,32-30-,40-37-. The fraction of sp³-hybridized carbons (Fsp3) is 0.833. The maximum Gasteiger partial charge on any atom is 0.220 e. The van der Waals surface area contributed by atoms with E-state index in [2.05, 4.69) is 92.1 Å². The van der Waals surface area contributed by atoms with Gasteiger partial charge in [-0.25, -0.2) is 0 Å². The first-order valence-corrected chi connectivity index (χ1v) is 37.6. The Morgan fingerprint density at radius 3 is 1.06 bits per heavy atom. The Morgan fingerprint density at radius 1 is 0.402 bits per heavy atom. The van der Waals surface area contributed by atoms with Crippen LogP contribution in [-0.2, 0) is 14.3 Å². The second-order valence-electron chi connectivity index (χ2n) is 26.1. The number of aliphatic hydroxyl groups is 5. The molecule has 1 heterocycles. The topological polar surface area (TPSA) is 149 Å². The minimum Gasteiger partial charge on any atom is -0.394 e. The molecule has 0 aromatic carbocycles. The van der Waals surface area contributed by atoms with Gasteiger partial charge >= 0.3 is 0 Å². The lowest BCUT2D eigenvalue weighted by molar-refractivity contribution is -0.302. The third kappa shape index (κ3) is 55.0. The number of rotatable bonds is 66. The third-order valence-electron chi connectivity index (χ3n) is 17.8. The normalized spacial score (nSPS) is 18.4. The van der Waals surface area contributed by atoms with Crippen LogP contribution in [-0.4, -0.2) is 87.5 Å². The summed E-state index contributed by atoms with van der Waals surface area (Å²) in [6.07, 6.45) is 87.0. The molecule has 87 heavy (non-hydrogen) atoms. The molecule has 1 aliphatic rings. The lowest BCUT2D eigenvalue weighted by atomic mass is 9.99. The lowest BCUT2D eigenvalue weighted by Crippen LogP contribution is -2.60. The van der Waals surface area contributed by atoms with E-state index in [0.29, 0.717) is 12.8 Å². The molecule has 7 atom stereocenters. The van der Waals surface area contributed by atoms with Gasteiger partial charge in [0.1, 0.15) is 24.4 Å². The van der Waals surface area contributed by atoms with Crippen molar-refractivity contribution in [3.63, 3.8) is 0 Å². The fourth-order valence-corrected chi connectivity index (χ4v) is 12.0. The molecule has 1 saturated heterocycles. The molecule has 0 spiro atoms. The summed E-state index contributed by atoms with van der Waals surface area (Å²) in [7, 11) is 0. The van der Waals surface area contributed by atoms with Crippen molar-refractivity contribution in [2.24, 2.45) is 0 Å². The first-order valence-electron chi connectivity index (χ1n) is 37.6. The number of aliphatic hydroxyl groups excluding tert-OH is 5. The highest BCUT2D eigenvalue weighted by Gasteiger charge is 2.44. The predicted octanol–water partition coefficient (Wildman–Crippen LogP) is 21.1. The maximum atomic E-state index is 13.2. The highest BCUT2D eigenvalue weighted by atomic mass is 16.7. The van der Waals surface area contributed by atoms with Gasteiger partial charge in [-0.3, -0.25) is 4.79 Å². The molecule has 0 bridgehead atoms. The first-order chi connectivity index (χ1) is 42.8. The zero-order chi connectivity index (χ0) is 62.8. The zero-order valence-corrected chi connectivity index (χ0v) is 57.0. The van der Waals surface area contributed by atoms with Gasteiger partial charge < -0.3 is 40.3 Å². The average molecular weight is 1220 g/mol. The van der Waals surface area contributed by atoms with Gasteiger partial charge in [-0.1, -0.05) is 363 Å². The van der Waals surface area contributed by atoms with Crippen LogP contribution in [0, 0.1) is 0 Å². The Bertz CT molecular complexity index is 1610. The van der Waals surface area contributed by atoms with E-state index in [1.54, 1.807) is 0 Å². The molecule has 1 fully saturated rings. The molecule has 9 heteroatoms. The van der Waals surface area contributed by atoms with Crippen LogP contribution in [0.3, 0.4) is 0 Å².